The molecule has 548 valence electrons. The van der Waals surface area contributed by atoms with E-state index >= 15 is 0 Å². The van der Waals surface area contributed by atoms with Gasteiger partial charge in [0.2, 0.25) is 5.91 Å². The number of carbonyl (C=O) groups excluding carboxylic acids is 1. The van der Waals surface area contributed by atoms with Crippen LogP contribution in [0.15, 0.2) is 0 Å². The van der Waals surface area contributed by atoms with Crippen LogP contribution in [0, 0.1) is 23.2 Å². The maximum Gasteiger partial charge on any atom is 0.226 e. The van der Waals surface area contributed by atoms with Gasteiger partial charge in [-0.15, -0.1) is 0 Å². The fourth-order valence-corrected chi connectivity index (χ4v) is 16.0. The minimum Gasteiger partial charge on any atom is -0.394 e. The molecule has 0 radical (unpaired) electrons. The Morgan fingerprint density at radius 1 is 0.305 bits per heavy atom. The third kappa shape index (κ3) is 14.9. The van der Waals surface area contributed by atoms with Crippen molar-refractivity contribution >= 4 is 5.91 Å². The molecule has 0 spiro atoms. The van der Waals surface area contributed by atoms with Gasteiger partial charge in [0.15, 0.2) is 44.0 Å². The first-order chi connectivity index (χ1) is 45.5. The number of nitrogens with one attached hydrogen (secondary N) is 2. The zero-order valence-corrected chi connectivity index (χ0v) is 51.7. The van der Waals surface area contributed by atoms with Gasteiger partial charge >= 0.3 is 0 Å². The Kier molecular flexibility index (Phi) is 24.8. The van der Waals surface area contributed by atoms with Crippen LogP contribution in [0.25, 0.3) is 0 Å². The van der Waals surface area contributed by atoms with E-state index in [0.717, 1.165) is 38.5 Å². The maximum atomic E-state index is 13.4. The van der Waals surface area contributed by atoms with E-state index in [2.05, 4.69) is 10.6 Å². The highest BCUT2D eigenvalue weighted by molar-refractivity contribution is 5.84. The van der Waals surface area contributed by atoms with Gasteiger partial charge in [0.1, 0.15) is 171 Å². The molecule has 1 amide bonds. The molecule has 0 aromatic rings. The van der Waals surface area contributed by atoms with Crippen molar-refractivity contribution in [3.8, 4) is 0 Å². The molecule has 18 bridgehead atoms. The Bertz CT molecular complexity index is 2410. The Morgan fingerprint density at radius 2 is 0.547 bits per heavy atom. The molecule has 21 heterocycles. The molecule has 21 saturated heterocycles. The summed E-state index contributed by atoms with van der Waals surface area (Å²) >= 11 is 0. The average Bonchev–Trinajstić information content (AvgIpc) is 1.60. The van der Waals surface area contributed by atoms with Crippen LogP contribution in [0.5, 0.6) is 0 Å². The van der Waals surface area contributed by atoms with Gasteiger partial charge in [-0.05, 0) is 69.2 Å². The number of carbonyl (C=O) groups is 1. The van der Waals surface area contributed by atoms with Gasteiger partial charge in [-0.1, -0.05) is 12.8 Å². The zero-order valence-electron chi connectivity index (χ0n) is 51.7. The second-order valence-corrected chi connectivity index (χ2v) is 27.0. The minimum atomic E-state index is -2.21. The van der Waals surface area contributed by atoms with E-state index in [1.54, 1.807) is 0 Å². The first-order valence-corrected chi connectivity index (χ1v) is 32.8. The maximum absolute atomic E-state index is 13.4. The van der Waals surface area contributed by atoms with Crippen molar-refractivity contribution in [1.29, 1.82) is 0 Å². The molecule has 0 aromatic heterocycles. The summed E-state index contributed by atoms with van der Waals surface area (Å²) in [6.07, 6.45) is -61.2. The molecule has 95 heavy (non-hydrogen) atoms. The Labute approximate surface area is 543 Å². The quantitative estimate of drug-likeness (QED) is 0.0638. The molecule has 21 aliphatic heterocycles. The minimum absolute atomic E-state index is 0.152. The molecule has 2 unspecified atom stereocenters. The van der Waals surface area contributed by atoms with Crippen molar-refractivity contribution in [3.05, 3.63) is 0 Å². The molecule has 25 aliphatic rings. The summed E-state index contributed by atoms with van der Waals surface area (Å²) < 4.78 is 82.0. The summed E-state index contributed by atoms with van der Waals surface area (Å²) in [7, 11) is 0. The highest BCUT2D eigenvalue weighted by Crippen LogP contribution is 2.65. The van der Waals surface area contributed by atoms with Crippen molar-refractivity contribution in [2.24, 2.45) is 23.2 Å². The molecular formula is C58H96N2O35. The van der Waals surface area contributed by atoms with Crippen LogP contribution < -0.4 is 10.6 Å². The molecule has 4 aliphatic carbocycles. The van der Waals surface area contributed by atoms with Gasteiger partial charge in [0.05, 0.1) is 45.1 Å². The first kappa shape index (κ1) is 74.3. The molecule has 4 saturated carbocycles. The van der Waals surface area contributed by atoms with Crippen LogP contribution >= 0.6 is 0 Å². The molecule has 25 rings (SSSR count). The lowest BCUT2D eigenvalue weighted by Gasteiger charge is -2.50. The summed E-state index contributed by atoms with van der Waals surface area (Å²) in [5, 5.41) is 231. The van der Waals surface area contributed by atoms with E-state index in [0.29, 0.717) is 43.7 Å². The third-order valence-electron chi connectivity index (χ3n) is 21.0. The van der Waals surface area contributed by atoms with E-state index in [9.17, 15) is 107 Å². The van der Waals surface area contributed by atoms with E-state index in [1.165, 1.54) is 6.42 Å². The third-order valence-corrected chi connectivity index (χ3v) is 21.0. The van der Waals surface area contributed by atoms with Gasteiger partial charge in [-0.25, -0.2) is 0 Å². The van der Waals surface area contributed by atoms with Crippen LogP contribution in [-0.2, 0) is 71.1 Å². The number of aliphatic hydroxyl groups is 20. The van der Waals surface area contributed by atoms with Crippen LogP contribution in [0.4, 0.5) is 0 Å². The number of ether oxygens (including phenoxy) is 14. The molecular weight excluding hydrogens is 1280 g/mol. The topological polar surface area (TPSA) is 575 Å². The van der Waals surface area contributed by atoms with Gasteiger partial charge in [0, 0.05) is 13.1 Å². The van der Waals surface area contributed by atoms with Crippen molar-refractivity contribution in [3.63, 3.8) is 0 Å². The number of hydrogen-bond acceptors (Lipinski definition) is 36. The van der Waals surface area contributed by atoms with Crippen molar-refractivity contribution in [1.82, 2.24) is 10.6 Å². The lowest BCUT2D eigenvalue weighted by Crippen LogP contribution is -2.68. The number of amides is 1. The molecule has 37 nitrogen and oxygen atoms in total. The second-order valence-electron chi connectivity index (χ2n) is 27.0. The Hall–Kier alpha value is -1.93. The van der Waals surface area contributed by atoms with Gasteiger partial charge < -0.3 is 179 Å². The van der Waals surface area contributed by atoms with Crippen molar-refractivity contribution in [2.45, 2.75) is 273 Å². The lowest BCUT2D eigenvalue weighted by molar-refractivity contribution is -0.396. The number of aliphatic hydroxyl groups excluding tert-OH is 20. The summed E-state index contributed by atoms with van der Waals surface area (Å²) in [4.78, 5) is 13.4. The van der Waals surface area contributed by atoms with E-state index in [1.807, 2.05) is 0 Å². The smallest absolute Gasteiger partial charge is 0.226 e. The SMILES string of the molecule is O=C(NCCCCCCNC[C@H]1O[C@@H]2O[C@H]3[C@H](O)[C@@H](O)[C@@H](O[C@H]4[C@H](O)[C@@H](O)[C@@H](O[C@H]5[C@H](O)[C@@H](O)[C@@H](O[C@H]6[C@H](O)[C@@H](O)[C@@H](O[C@H]7[C@H](O)[C@@H](O)[C@@H](O[C@H]8[C@H](O)[C@@H](O)[C@@H](O[C@H]1[C@H](O)[C@H]2O)O[C@@H]8CO)O[C@@H]7CO)O[C@@H]6CO)O[C@@H]5CO)O[C@@H]4CO)O[C@@H]3CO)C12C[C@@H]3CC1C[C@@H](C3)C2. The molecule has 22 N–H and O–H groups in total. The summed E-state index contributed by atoms with van der Waals surface area (Å²) in [6.45, 7) is -5.60. The van der Waals surface area contributed by atoms with Gasteiger partial charge in [0.25, 0.3) is 0 Å². The van der Waals surface area contributed by atoms with E-state index in [-0.39, 0.29) is 17.9 Å². The van der Waals surface area contributed by atoms with E-state index < -0.39 is 255 Å². The summed E-state index contributed by atoms with van der Waals surface area (Å²) in [6, 6.07) is 0. The second kappa shape index (κ2) is 31.8. The molecule has 39 atom stereocenters. The number of hydrogen-bond donors (Lipinski definition) is 22. The Balaban J connectivity index is 0.818. The average molecular weight is 1380 g/mol. The standard InChI is InChI=1S/C58H96N2O35/c61-13-23-44-31(69)38(76)52(84-23)92-46-25(15-63)86-54(40(78)33(46)71)94-48-27(17-65)88-56(42(80)35(48)73)95-49-28(18-66)87-55(41(79)34(49)72)93-47-26(16-64)85-53(39(77)32(47)70)91-45-24(14-62)83-51(37(75)30(45)68)89-43-22(82-50(90-44)36(74)29(43)67)12-59-5-3-1-2-4-6-60-57(81)58-10-19-7-20(11-58)9-21(58)8-19/h19-56,59,61-80H,1-18H2,(H,60,81)/t19-,20+,21?,22-,23-,24-,25-,26-,27-,28-,29-,30-,31-,32-,33-,34-,35-,36-,37-,38-,39-,40-,41-,42-,43-,44-,45-,46-,47-,48-,49-,50-,51-,52-,53-,54-,55-,56-,58?/m1/s1. The van der Waals surface area contributed by atoms with E-state index in [4.69, 9.17) is 66.3 Å². The Morgan fingerprint density at radius 3 is 0.811 bits per heavy atom. The number of unbranched alkanes of at least 4 members (excludes halogenated alkanes) is 3. The van der Waals surface area contributed by atoms with Crippen LogP contribution in [0.2, 0.25) is 0 Å². The fraction of sp³-hybridized carbons (Fsp3) is 0.983. The van der Waals surface area contributed by atoms with Gasteiger partial charge in [-0.3, -0.25) is 4.79 Å². The van der Waals surface area contributed by atoms with Crippen molar-refractivity contribution < 1.29 is 173 Å². The highest BCUT2D eigenvalue weighted by Gasteiger charge is 2.63. The van der Waals surface area contributed by atoms with Gasteiger partial charge in [-0.2, -0.15) is 0 Å². The monoisotopic (exact) mass is 1380 g/mol. The molecule has 37 heteroatoms. The molecule has 0 aromatic carbocycles. The van der Waals surface area contributed by atoms with Crippen LogP contribution in [-0.4, -0.2) is 382 Å². The predicted molar refractivity (Wildman–Crippen MR) is 302 cm³/mol. The normalized spacial score (nSPS) is 52.7. The largest absolute Gasteiger partial charge is 0.394 e. The molecule has 25 fully saturated rings. The van der Waals surface area contributed by atoms with Crippen LogP contribution in [0.3, 0.4) is 0 Å². The zero-order chi connectivity index (χ0) is 68.1. The summed E-state index contributed by atoms with van der Waals surface area (Å²) in [5.41, 5.74) is -0.239. The number of rotatable bonds is 16. The summed E-state index contributed by atoms with van der Waals surface area (Å²) in [5.74, 6) is 1.88. The fourth-order valence-electron chi connectivity index (χ4n) is 16.0. The van der Waals surface area contributed by atoms with Crippen molar-refractivity contribution in [2.75, 3.05) is 59.3 Å². The highest BCUT2D eigenvalue weighted by atomic mass is 16.8. The lowest BCUT2D eigenvalue weighted by atomic mass is 9.75. The predicted octanol–water partition coefficient (Wildman–Crippen LogP) is -12.1. The van der Waals surface area contributed by atoms with Crippen LogP contribution in [0.1, 0.15) is 57.8 Å². The first-order valence-electron chi connectivity index (χ1n) is 32.8.